The fourth-order valence-corrected chi connectivity index (χ4v) is 3.08. The van der Waals surface area contributed by atoms with Gasteiger partial charge >= 0.3 is 5.97 Å². The lowest BCUT2D eigenvalue weighted by Crippen LogP contribution is -2.19. The Morgan fingerprint density at radius 3 is 1.66 bits per heavy atom. The molecule has 0 aliphatic carbocycles. The molecular weight excluding hydrogens is 364 g/mol. The minimum absolute atomic E-state index is 0.238. The number of aliphatic hydroxyl groups excluding tert-OH is 1. The molecule has 0 saturated carbocycles. The summed E-state index contributed by atoms with van der Waals surface area (Å²) in [5.74, 6) is -1.15. The number of aliphatic carboxylic acids is 1. The van der Waals surface area contributed by atoms with Gasteiger partial charge in [0, 0.05) is 6.61 Å². The van der Waals surface area contributed by atoms with Crippen LogP contribution in [0.3, 0.4) is 0 Å². The van der Waals surface area contributed by atoms with Gasteiger partial charge in [0.05, 0.1) is 5.92 Å². The van der Waals surface area contributed by atoms with Gasteiger partial charge in [0.25, 0.3) is 0 Å². The molecular formula is C25H44O4. The molecule has 0 fully saturated rings. The molecule has 0 aromatic heterocycles. The van der Waals surface area contributed by atoms with E-state index in [1.165, 1.54) is 32.1 Å². The molecule has 29 heavy (non-hydrogen) atoms. The van der Waals surface area contributed by atoms with Crippen LogP contribution in [0, 0.1) is 0 Å². The molecule has 0 aliphatic rings. The van der Waals surface area contributed by atoms with Crippen LogP contribution in [0.4, 0.5) is 0 Å². The van der Waals surface area contributed by atoms with Crippen molar-refractivity contribution in [3.63, 3.8) is 0 Å². The average Bonchev–Trinajstić information content (AvgIpc) is 2.59. The van der Waals surface area contributed by atoms with E-state index in [0.29, 0.717) is 6.61 Å². The molecule has 0 bridgehead atoms. The Labute approximate surface area is 178 Å². The first-order valence-corrected chi connectivity index (χ1v) is 11.0. The zero-order chi connectivity index (χ0) is 22.8. The monoisotopic (exact) mass is 408 g/mol. The molecule has 0 heterocycles. The fourth-order valence-electron chi connectivity index (χ4n) is 3.08. The van der Waals surface area contributed by atoms with Gasteiger partial charge in [0.2, 0.25) is 0 Å². The zero-order valence-corrected chi connectivity index (χ0v) is 19.9. The number of phenolic OH excluding ortho intramolecular Hbond substituents is 1. The van der Waals surface area contributed by atoms with E-state index in [-0.39, 0.29) is 16.6 Å². The first-order chi connectivity index (χ1) is 13.3. The normalized spacial score (nSPS) is 12.9. The number of aliphatic hydroxyl groups is 1. The van der Waals surface area contributed by atoms with Crippen molar-refractivity contribution in [2.75, 3.05) is 6.61 Å². The van der Waals surface area contributed by atoms with Gasteiger partial charge < -0.3 is 15.3 Å². The summed E-state index contributed by atoms with van der Waals surface area (Å²) in [4.78, 5) is 11.2. The van der Waals surface area contributed by atoms with E-state index in [1.54, 1.807) is 6.92 Å². The summed E-state index contributed by atoms with van der Waals surface area (Å²) in [7, 11) is 0. The van der Waals surface area contributed by atoms with Crippen molar-refractivity contribution in [3.05, 3.63) is 28.8 Å². The lowest BCUT2D eigenvalue weighted by atomic mass is 9.77. The molecule has 4 nitrogen and oxygen atoms in total. The molecule has 0 saturated heterocycles. The smallest absolute Gasteiger partial charge is 0.310 e. The molecule has 3 N–H and O–H groups in total. The average molecular weight is 409 g/mol. The van der Waals surface area contributed by atoms with Gasteiger partial charge in [-0.3, -0.25) is 4.79 Å². The summed E-state index contributed by atoms with van der Waals surface area (Å²) in [5.41, 5.74) is 1.86. The summed E-state index contributed by atoms with van der Waals surface area (Å²) in [5, 5.41) is 28.2. The van der Waals surface area contributed by atoms with Crippen LogP contribution in [0.25, 0.3) is 0 Å². The second-order valence-electron chi connectivity index (χ2n) is 10.0. The minimum Gasteiger partial charge on any atom is -0.507 e. The highest BCUT2D eigenvalue weighted by Gasteiger charge is 2.28. The highest BCUT2D eigenvalue weighted by atomic mass is 16.4. The zero-order valence-electron chi connectivity index (χ0n) is 19.9. The summed E-state index contributed by atoms with van der Waals surface area (Å²) in [6.45, 7) is 16.4. The quantitative estimate of drug-likeness (QED) is 0.428. The van der Waals surface area contributed by atoms with Crippen LogP contribution in [0.2, 0.25) is 0 Å². The van der Waals surface area contributed by atoms with E-state index in [2.05, 4.69) is 6.92 Å². The topological polar surface area (TPSA) is 77.8 Å². The highest BCUT2D eigenvalue weighted by Crippen LogP contribution is 2.41. The summed E-state index contributed by atoms with van der Waals surface area (Å²) in [6, 6.07) is 3.65. The molecule has 0 aliphatic heterocycles. The van der Waals surface area contributed by atoms with Crippen LogP contribution < -0.4 is 0 Å². The van der Waals surface area contributed by atoms with Crippen molar-refractivity contribution in [1.29, 1.82) is 0 Å². The maximum Gasteiger partial charge on any atom is 0.310 e. The van der Waals surface area contributed by atoms with E-state index in [1.807, 2.05) is 53.7 Å². The van der Waals surface area contributed by atoms with E-state index in [0.717, 1.165) is 23.1 Å². The number of aromatic hydroxyl groups is 1. The van der Waals surface area contributed by atoms with Crippen LogP contribution in [0.5, 0.6) is 5.75 Å². The third-order valence-electron chi connectivity index (χ3n) is 5.13. The van der Waals surface area contributed by atoms with Crippen LogP contribution >= 0.6 is 0 Å². The molecule has 1 aromatic rings. The number of hydrogen-bond donors (Lipinski definition) is 3. The molecule has 1 atom stereocenters. The Bertz CT molecular complexity index is 580. The van der Waals surface area contributed by atoms with E-state index < -0.39 is 11.9 Å². The number of carbonyl (C=O) groups is 1. The van der Waals surface area contributed by atoms with Gasteiger partial charge in [-0.15, -0.1) is 0 Å². The Kier molecular flexibility index (Phi) is 11.6. The van der Waals surface area contributed by atoms with Gasteiger partial charge in [-0.25, -0.2) is 0 Å². The second kappa shape index (κ2) is 12.2. The van der Waals surface area contributed by atoms with Gasteiger partial charge in [-0.1, -0.05) is 92.7 Å². The molecule has 0 radical (unpaired) electrons. The van der Waals surface area contributed by atoms with Gasteiger partial charge in [0.15, 0.2) is 0 Å². The minimum atomic E-state index is -0.851. The largest absolute Gasteiger partial charge is 0.507 e. The van der Waals surface area contributed by atoms with Gasteiger partial charge in [0.1, 0.15) is 5.75 Å². The van der Waals surface area contributed by atoms with Crippen molar-refractivity contribution in [3.8, 4) is 5.75 Å². The lowest BCUT2D eigenvalue weighted by Gasteiger charge is -2.28. The number of hydrogen-bond acceptors (Lipinski definition) is 3. The molecule has 0 spiro atoms. The number of carboxylic acid groups (broad SMARTS) is 1. The predicted octanol–water partition coefficient (Wildman–Crippen LogP) is 6.51. The summed E-state index contributed by atoms with van der Waals surface area (Å²) in [6.07, 6.45) is 7.50. The number of benzene rings is 1. The van der Waals surface area contributed by atoms with Gasteiger partial charge in [-0.2, -0.15) is 0 Å². The van der Waals surface area contributed by atoms with Crippen molar-refractivity contribution in [1.82, 2.24) is 0 Å². The fraction of sp³-hybridized carbons (Fsp3) is 0.720. The van der Waals surface area contributed by atoms with Crippen molar-refractivity contribution < 1.29 is 20.1 Å². The summed E-state index contributed by atoms with van der Waals surface area (Å²) < 4.78 is 0. The van der Waals surface area contributed by atoms with Crippen molar-refractivity contribution in [2.45, 2.75) is 111 Å². The number of rotatable bonds is 8. The summed E-state index contributed by atoms with van der Waals surface area (Å²) >= 11 is 0. The molecule has 168 valence electrons. The maximum absolute atomic E-state index is 11.2. The van der Waals surface area contributed by atoms with Crippen LogP contribution in [0.15, 0.2) is 12.1 Å². The number of unbranched alkanes of at least 4 members (excludes halogenated alkanes) is 5. The lowest BCUT2D eigenvalue weighted by molar-refractivity contribution is -0.138. The first kappa shape index (κ1) is 27.5. The third-order valence-corrected chi connectivity index (χ3v) is 5.13. The van der Waals surface area contributed by atoms with Crippen LogP contribution in [-0.2, 0) is 15.6 Å². The van der Waals surface area contributed by atoms with Crippen molar-refractivity contribution in [2.24, 2.45) is 0 Å². The van der Waals surface area contributed by atoms with E-state index in [9.17, 15) is 15.0 Å². The third kappa shape index (κ3) is 9.66. The second-order valence-corrected chi connectivity index (χ2v) is 10.0. The molecule has 1 aromatic carbocycles. The van der Waals surface area contributed by atoms with Crippen LogP contribution in [0.1, 0.15) is 117 Å². The Hall–Kier alpha value is -1.55. The Morgan fingerprint density at radius 1 is 0.897 bits per heavy atom. The first-order valence-electron chi connectivity index (χ1n) is 11.0. The van der Waals surface area contributed by atoms with E-state index >= 15 is 0 Å². The standard InChI is InChI=1S/C17H26O3.C8H18O/c1-10(15(19)20)11-8-12(16(2,3)4)14(18)13(9-11)17(5,6)7;1-2-3-4-5-6-7-8-9/h8-10,18H,1-7H3,(H,19,20);9H,2-8H2,1H3. The maximum atomic E-state index is 11.2. The predicted molar refractivity (Wildman–Crippen MR) is 122 cm³/mol. The Balaban J connectivity index is 0.000000734. The molecule has 1 rings (SSSR count). The van der Waals surface area contributed by atoms with Gasteiger partial charge in [-0.05, 0) is 40.9 Å². The number of phenols is 1. The van der Waals surface area contributed by atoms with Crippen LogP contribution in [-0.4, -0.2) is 27.9 Å². The SMILES string of the molecule is CC(C(=O)O)c1cc(C(C)(C)C)c(O)c(C(C)(C)C)c1.CCCCCCCCO. The molecule has 0 amide bonds. The molecule has 1 unspecified atom stereocenters. The number of carboxylic acids is 1. The van der Waals surface area contributed by atoms with E-state index in [4.69, 9.17) is 5.11 Å². The molecule has 4 heteroatoms. The van der Waals surface area contributed by atoms with Crippen molar-refractivity contribution >= 4 is 5.97 Å². The highest BCUT2D eigenvalue weighted by molar-refractivity contribution is 5.76. The Morgan fingerprint density at radius 2 is 1.31 bits per heavy atom.